The quantitative estimate of drug-likeness (QED) is 0.776. The highest BCUT2D eigenvalue weighted by Gasteiger charge is 2.21. The lowest BCUT2D eigenvalue weighted by molar-refractivity contribution is 0.471. The van der Waals surface area contributed by atoms with Gasteiger partial charge in [-0.15, -0.1) is 11.3 Å². The van der Waals surface area contributed by atoms with E-state index in [1.807, 2.05) is 6.26 Å². The molecule has 0 atom stereocenters. The summed E-state index contributed by atoms with van der Waals surface area (Å²) in [5, 5.41) is 0. The van der Waals surface area contributed by atoms with E-state index in [2.05, 4.69) is 0 Å². The van der Waals surface area contributed by atoms with E-state index >= 15 is 0 Å². The van der Waals surface area contributed by atoms with Crippen molar-refractivity contribution in [3.63, 3.8) is 0 Å². The second-order valence-corrected chi connectivity index (χ2v) is 8.02. The average molecular weight is 294 g/mol. The van der Waals surface area contributed by atoms with Crippen molar-refractivity contribution in [2.45, 2.75) is 17.2 Å². The van der Waals surface area contributed by atoms with Gasteiger partial charge in [0, 0.05) is 25.0 Å². The van der Waals surface area contributed by atoms with Crippen LogP contribution in [0, 0.1) is 0 Å². The highest BCUT2D eigenvalue weighted by molar-refractivity contribution is 7.98. The molecule has 0 bridgehead atoms. The van der Waals surface area contributed by atoms with Crippen molar-refractivity contribution in [2.75, 3.05) is 25.6 Å². The lowest BCUT2D eigenvalue weighted by Crippen LogP contribution is -2.27. The SMILES string of the molecule is CSCCCN(C)S(=O)(=O)c1ccc(CN)s1. The molecule has 0 radical (unpaired) electrons. The third kappa shape index (κ3) is 3.96. The summed E-state index contributed by atoms with van der Waals surface area (Å²) < 4.78 is 26.1. The second kappa shape index (κ2) is 6.75. The van der Waals surface area contributed by atoms with E-state index in [0.29, 0.717) is 17.3 Å². The normalized spacial score (nSPS) is 12.2. The van der Waals surface area contributed by atoms with Gasteiger partial charge in [-0.2, -0.15) is 11.8 Å². The Morgan fingerprint density at radius 1 is 1.47 bits per heavy atom. The monoisotopic (exact) mass is 294 g/mol. The first-order valence-corrected chi connectivity index (χ1v) is 8.91. The number of hydrogen-bond donors (Lipinski definition) is 1. The summed E-state index contributed by atoms with van der Waals surface area (Å²) in [6, 6.07) is 3.40. The Bertz CT molecular complexity index is 442. The molecule has 17 heavy (non-hydrogen) atoms. The Balaban J connectivity index is 2.73. The predicted molar refractivity (Wildman–Crippen MR) is 75.0 cm³/mol. The Morgan fingerprint density at radius 3 is 2.71 bits per heavy atom. The molecule has 0 aliphatic carbocycles. The molecular formula is C10H18N2O2S3. The summed E-state index contributed by atoms with van der Waals surface area (Å²) in [6.45, 7) is 0.940. The van der Waals surface area contributed by atoms with Crippen LogP contribution >= 0.6 is 23.1 Å². The first-order chi connectivity index (χ1) is 8.02. The van der Waals surface area contributed by atoms with Gasteiger partial charge in [-0.1, -0.05) is 0 Å². The molecular weight excluding hydrogens is 276 g/mol. The second-order valence-electron chi connectivity index (χ2n) is 3.60. The number of nitrogens with zero attached hydrogens (tertiary/aromatic N) is 1. The van der Waals surface area contributed by atoms with Crippen LogP contribution in [0.3, 0.4) is 0 Å². The van der Waals surface area contributed by atoms with E-state index in [4.69, 9.17) is 5.73 Å². The molecule has 0 unspecified atom stereocenters. The Hall–Kier alpha value is -0.0800. The number of sulfonamides is 1. The third-order valence-electron chi connectivity index (χ3n) is 2.32. The van der Waals surface area contributed by atoms with Crippen LogP contribution in [-0.2, 0) is 16.6 Å². The lowest BCUT2D eigenvalue weighted by Gasteiger charge is -2.15. The number of nitrogens with two attached hydrogens (primary N) is 1. The van der Waals surface area contributed by atoms with Gasteiger partial charge >= 0.3 is 0 Å². The maximum absolute atomic E-state index is 12.1. The Morgan fingerprint density at radius 2 is 2.18 bits per heavy atom. The summed E-state index contributed by atoms with van der Waals surface area (Å²) in [4.78, 5) is 0.890. The van der Waals surface area contributed by atoms with Crippen molar-refractivity contribution in [3.8, 4) is 0 Å². The minimum atomic E-state index is -3.32. The summed E-state index contributed by atoms with van der Waals surface area (Å²) in [5.74, 6) is 0.971. The van der Waals surface area contributed by atoms with Crippen molar-refractivity contribution >= 4 is 33.1 Å². The van der Waals surface area contributed by atoms with Gasteiger partial charge < -0.3 is 5.73 Å². The molecule has 0 fully saturated rings. The molecule has 0 spiro atoms. The molecule has 0 amide bonds. The van der Waals surface area contributed by atoms with Crippen LogP contribution in [0.5, 0.6) is 0 Å². The van der Waals surface area contributed by atoms with E-state index in [9.17, 15) is 8.42 Å². The zero-order chi connectivity index (χ0) is 12.9. The number of rotatable bonds is 7. The summed E-state index contributed by atoms with van der Waals surface area (Å²) in [7, 11) is -1.70. The molecule has 0 aliphatic heterocycles. The van der Waals surface area contributed by atoms with Crippen molar-refractivity contribution in [1.82, 2.24) is 4.31 Å². The van der Waals surface area contributed by atoms with Crippen LogP contribution in [0.15, 0.2) is 16.3 Å². The fraction of sp³-hybridized carbons (Fsp3) is 0.600. The van der Waals surface area contributed by atoms with Crippen molar-refractivity contribution in [2.24, 2.45) is 5.73 Å². The minimum Gasteiger partial charge on any atom is -0.326 e. The molecule has 0 saturated carbocycles. The van der Waals surface area contributed by atoms with Crippen LogP contribution in [0.2, 0.25) is 0 Å². The van der Waals surface area contributed by atoms with Crippen LogP contribution in [0.4, 0.5) is 0 Å². The van der Waals surface area contributed by atoms with Gasteiger partial charge in [0.05, 0.1) is 0 Å². The highest BCUT2D eigenvalue weighted by Crippen LogP contribution is 2.24. The van der Waals surface area contributed by atoms with Gasteiger partial charge in [0.1, 0.15) is 4.21 Å². The van der Waals surface area contributed by atoms with E-state index in [1.54, 1.807) is 30.9 Å². The molecule has 4 nitrogen and oxygen atoms in total. The molecule has 1 heterocycles. The van der Waals surface area contributed by atoms with Gasteiger partial charge in [0.25, 0.3) is 10.0 Å². The van der Waals surface area contributed by atoms with Crippen LogP contribution in [0.25, 0.3) is 0 Å². The molecule has 1 aromatic rings. The summed E-state index contributed by atoms with van der Waals surface area (Å²) in [5.41, 5.74) is 5.48. The summed E-state index contributed by atoms with van der Waals surface area (Å²) >= 11 is 2.97. The van der Waals surface area contributed by atoms with Crippen LogP contribution in [0.1, 0.15) is 11.3 Å². The van der Waals surface area contributed by atoms with Gasteiger partial charge in [0.2, 0.25) is 0 Å². The van der Waals surface area contributed by atoms with E-state index < -0.39 is 10.0 Å². The van der Waals surface area contributed by atoms with E-state index in [0.717, 1.165) is 17.1 Å². The Kier molecular flexibility index (Phi) is 5.94. The zero-order valence-corrected chi connectivity index (χ0v) is 12.5. The van der Waals surface area contributed by atoms with Gasteiger partial charge in [-0.05, 0) is 30.6 Å². The van der Waals surface area contributed by atoms with Gasteiger partial charge in [0.15, 0.2) is 0 Å². The largest absolute Gasteiger partial charge is 0.326 e. The van der Waals surface area contributed by atoms with Crippen molar-refractivity contribution < 1.29 is 8.42 Å². The first-order valence-electron chi connectivity index (χ1n) is 5.26. The van der Waals surface area contributed by atoms with Crippen molar-refractivity contribution in [1.29, 1.82) is 0 Å². The minimum absolute atomic E-state index is 0.379. The number of thiophene rings is 1. The number of hydrogen-bond acceptors (Lipinski definition) is 5. The van der Waals surface area contributed by atoms with E-state index in [1.165, 1.54) is 15.6 Å². The smallest absolute Gasteiger partial charge is 0.252 e. The molecule has 0 saturated heterocycles. The fourth-order valence-electron chi connectivity index (χ4n) is 1.31. The number of thioether (sulfide) groups is 1. The molecule has 2 N–H and O–H groups in total. The first kappa shape index (κ1) is 15.0. The molecule has 1 aromatic heterocycles. The predicted octanol–water partition coefficient (Wildman–Crippen LogP) is 1.58. The molecule has 7 heteroatoms. The standard InChI is InChI=1S/C10H18N2O2S3/c1-12(6-3-7-15-2)17(13,14)10-5-4-9(8-11)16-10/h4-5H,3,6-8,11H2,1-2H3. The fourth-order valence-corrected chi connectivity index (χ4v) is 4.38. The molecule has 98 valence electrons. The van der Waals surface area contributed by atoms with E-state index in [-0.39, 0.29) is 0 Å². The van der Waals surface area contributed by atoms with Gasteiger partial charge in [-0.3, -0.25) is 0 Å². The average Bonchev–Trinajstić information content (AvgIpc) is 2.78. The van der Waals surface area contributed by atoms with Crippen molar-refractivity contribution in [3.05, 3.63) is 17.0 Å². The summed E-state index contributed by atoms with van der Waals surface area (Å²) in [6.07, 6.45) is 2.88. The van der Waals surface area contributed by atoms with Gasteiger partial charge in [-0.25, -0.2) is 12.7 Å². The molecule has 0 aromatic carbocycles. The highest BCUT2D eigenvalue weighted by atomic mass is 32.2. The Labute approximate surface area is 111 Å². The molecule has 1 rings (SSSR count). The van der Waals surface area contributed by atoms with Crippen LogP contribution < -0.4 is 5.73 Å². The maximum Gasteiger partial charge on any atom is 0.252 e. The topological polar surface area (TPSA) is 63.4 Å². The third-order valence-corrected chi connectivity index (χ3v) is 6.45. The van der Waals surface area contributed by atoms with Crippen LogP contribution in [-0.4, -0.2) is 38.3 Å². The maximum atomic E-state index is 12.1. The zero-order valence-electron chi connectivity index (χ0n) is 10.0. The molecule has 0 aliphatic rings. The lowest BCUT2D eigenvalue weighted by atomic mass is 10.5.